The summed E-state index contributed by atoms with van der Waals surface area (Å²) in [6.45, 7) is 9.04. The maximum absolute atomic E-state index is 11.5. The van der Waals surface area contributed by atoms with Gasteiger partial charge in [-0.3, -0.25) is 4.79 Å². The Bertz CT molecular complexity index is 470. The number of nitrogens with one attached hydrogen (secondary N) is 3. The molecule has 0 aromatic carbocycles. The van der Waals surface area contributed by atoms with Crippen LogP contribution in [-0.2, 0) is 17.8 Å². The van der Waals surface area contributed by atoms with Crippen LogP contribution >= 0.6 is 11.3 Å². The Kier molecular flexibility index (Phi) is 9.30. The molecule has 1 heterocycles. The lowest BCUT2D eigenvalue weighted by atomic mass is 10.3. The number of hydrogen-bond acceptors (Lipinski definition) is 3. The van der Waals surface area contributed by atoms with Crippen molar-refractivity contribution < 1.29 is 4.79 Å². The molecule has 0 unspecified atom stereocenters. The van der Waals surface area contributed by atoms with Crippen LogP contribution in [0, 0.1) is 0 Å². The summed E-state index contributed by atoms with van der Waals surface area (Å²) >= 11 is 1.80. The number of carbonyl (C=O) groups is 1. The quantitative estimate of drug-likeness (QED) is 0.482. The highest BCUT2D eigenvalue weighted by atomic mass is 32.1. The topological polar surface area (TPSA) is 65.5 Å². The van der Waals surface area contributed by atoms with Gasteiger partial charge in [-0.2, -0.15) is 0 Å². The number of aryl methyl sites for hydroxylation is 1. The minimum atomic E-state index is 0.0797. The van der Waals surface area contributed by atoms with Gasteiger partial charge in [0.15, 0.2) is 5.96 Å². The Morgan fingerprint density at radius 1 is 1.09 bits per heavy atom. The summed E-state index contributed by atoms with van der Waals surface area (Å²) in [5, 5.41) is 9.27. The molecule has 6 heteroatoms. The second kappa shape index (κ2) is 11.1. The molecule has 0 spiro atoms. The number of nitrogens with zero attached hydrogens (tertiary/aromatic N) is 1. The van der Waals surface area contributed by atoms with E-state index in [-0.39, 0.29) is 5.91 Å². The number of hydrogen-bond donors (Lipinski definition) is 3. The Hall–Kier alpha value is -1.56. The second-order valence-corrected chi connectivity index (χ2v) is 6.20. The standard InChI is InChI=1S/C16H28N4OS/c1-4-10-18-15(21)9-11-19-16(17-6-3)20-12-14-8-7-13(5-2)22-14/h7-8H,4-6,9-12H2,1-3H3,(H,18,21)(H2,17,19,20). The first-order chi connectivity index (χ1) is 10.7. The van der Waals surface area contributed by atoms with Gasteiger partial charge in [0.2, 0.25) is 5.91 Å². The fraction of sp³-hybridized carbons (Fsp3) is 0.625. The third kappa shape index (κ3) is 7.45. The van der Waals surface area contributed by atoms with Crippen molar-refractivity contribution in [3.8, 4) is 0 Å². The molecule has 0 saturated carbocycles. The molecule has 3 N–H and O–H groups in total. The summed E-state index contributed by atoms with van der Waals surface area (Å²) in [5.74, 6) is 0.841. The van der Waals surface area contributed by atoms with Crippen LogP contribution in [0.15, 0.2) is 17.1 Å². The molecule has 0 bridgehead atoms. The van der Waals surface area contributed by atoms with Crippen molar-refractivity contribution in [3.63, 3.8) is 0 Å². The van der Waals surface area contributed by atoms with Gasteiger partial charge in [0, 0.05) is 35.8 Å². The van der Waals surface area contributed by atoms with Gasteiger partial charge in [-0.1, -0.05) is 13.8 Å². The molecule has 0 aliphatic heterocycles. The molecule has 1 aromatic heterocycles. The Balaban J connectivity index is 2.39. The summed E-state index contributed by atoms with van der Waals surface area (Å²) in [5.41, 5.74) is 0. The van der Waals surface area contributed by atoms with Gasteiger partial charge in [-0.15, -0.1) is 11.3 Å². The molecule has 0 radical (unpaired) electrons. The lowest BCUT2D eigenvalue weighted by Gasteiger charge is -2.11. The predicted molar refractivity (Wildman–Crippen MR) is 94.4 cm³/mol. The predicted octanol–water partition coefficient (Wildman–Crippen LogP) is 2.28. The molecule has 0 fully saturated rings. The van der Waals surface area contributed by atoms with Crippen LogP contribution in [0.3, 0.4) is 0 Å². The van der Waals surface area contributed by atoms with Crippen molar-refractivity contribution in [2.45, 2.75) is 46.6 Å². The lowest BCUT2D eigenvalue weighted by Crippen LogP contribution is -2.39. The van der Waals surface area contributed by atoms with Crippen LogP contribution in [0.5, 0.6) is 0 Å². The van der Waals surface area contributed by atoms with Crippen molar-refractivity contribution >= 4 is 23.2 Å². The first kappa shape index (κ1) is 18.5. The summed E-state index contributed by atoms with van der Waals surface area (Å²) in [7, 11) is 0. The van der Waals surface area contributed by atoms with Gasteiger partial charge < -0.3 is 16.0 Å². The molecule has 1 aromatic rings. The summed E-state index contributed by atoms with van der Waals surface area (Å²) in [6, 6.07) is 4.29. The largest absolute Gasteiger partial charge is 0.357 e. The zero-order valence-corrected chi connectivity index (χ0v) is 14.7. The van der Waals surface area contributed by atoms with Gasteiger partial charge in [-0.05, 0) is 31.9 Å². The summed E-state index contributed by atoms with van der Waals surface area (Å²) < 4.78 is 0. The van der Waals surface area contributed by atoms with Crippen LogP contribution in [0.4, 0.5) is 0 Å². The summed E-state index contributed by atoms with van der Waals surface area (Å²) in [4.78, 5) is 18.8. The second-order valence-electron chi connectivity index (χ2n) is 4.94. The number of rotatable bonds is 9. The number of carbonyl (C=O) groups excluding carboxylic acids is 1. The highest BCUT2D eigenvalue weighted by Gasteiger charge is 2.03. The molecule has 124 valence electrons. The zero-order valence-electron chi connectivity index (χ0n) is 13.9. The Labute approximate surface area is 137 Å². The number of aliphatic imine (C=N–C) groups is 1. The Morgan fingerprint density at radius 2 is 1.86 bits per heavy atom. The van der Waals surface area contributed by atoms with Crippen LogP contribution in [-0.4, -0.2) is 31.5 Å². The van der Waals surface area contributed by atoms with Crippen LogP contribution in [0.1, 0.15) is 43.4 Å². The van der Waals surface area contributed by atoms with E-state index in [0.717, 1.165) is 31.9 Å². The molecule has 1 amide bonds. The summed E-state index contributed by atoms with van der Waals surface area (Å²) in [6.07, 6.45) is 2.49. The average Bonchev–Trinajstić information content (AvgIpc) is 2.98. The van der Waals surface area contributed by atoms with E-state index >= 15 is 0 Å². The maximum atomic E-state index is 11.5. The number of thiophene rings is 1. The molecular weight excluding hydrogens is 296 g/mol. The average molecular weight is 324 g/mol. The lowest BCUT2D eigenvalue weighted by molar-refractivity contribution is -0.120. The SMILES string of the molecule is CCCNC(=O)CCNC(=NCc1ccc(CC)s1)NCC. The first-order valence-corrected chi connectivity index (χ1v) is 8.87. The van der Waals surface area contributed by atoms with E-state index < -0.39 is 0 Å². The van der Waals surface area contributed by atoms with Gasteiger partial charge in [0.1, 0.15) is 0 Å². The normalized spacial score (nSPS) is 11.3. The fourth-order valence-electron chi connectivity index (χ4n) is 1.84. The van der Waals surface area contributed by atoms with Crippen LogP contribution in [0.2, 0.25) is 0 Å². The molecule has 22 heavy (non-hydrogen) atoms. The van der Waals surface area contributed by atoms with E-state index in [1.807, 2.05) is 13.8 Å². The van der Waals surface area contributed by atoms with E-state index in [1.165, 1.54) is 9.75 Å². The first-order valence-electron chi connectivity index (χ1n) is 8.06. The van der Waals surface area contributed by atoms with Crippen molar-refractivity contribution in [1.29, 1.82) is 0 Å². The molecule has 0 aliphatic rings. The molecule has 0 aliphatic carbocycles. The maximum Gasteiger partial charge on any atom is 0.221 e. The fourth-order valence-corrected chi connectivity index (χ4v) is 2.73. The third-order valence-electron chi connectivity index (χ3n) is 3.02. The third-order valence-corrected chi connectivity index (χ3v) is 4.23. The van der Waals surface area contributed by atoms with E-state index in [0.29, 0.717) is 19.5 Å². The minimum absolute atomic E-state index is 0.0797. The molecule has 0 saturated heterocycles. The van der Waals surface area contributed by atoms with Gasteiger partial charge in [0.25, 0.3) is 0 Å². The van der Waals surface area contributed by atoms with E-state index in [1.54, 1.807) is 11.3 Å². The van der Waals surface area contributed by atoms with E-state index in [9.17, 15) is 4.79 Å². The van der Waals surface area contributed by atoms with Gasteiger partial charge in [0.05, 0.1) is 6.54 Å². The molecular formula is C16H28N4OS. The number of guanidine groups is 1. The van der Waals surface area contributed by atoms with Crippen LogP contribution < -0.4 is 16.0 Å². The van der Waals surface area contributed by atoms with Gasteiger partial charge >= 0.3 is 0 Å². The van der Waals surface area contributed by atoms with Gasteiger partial charge in [-0.25, -0.2) is 4.99 Å². The zero-order chi connectivity index (χ0) is 16.2. The van der Waals surface area contributed by atoms with Crippen molar-refractivity contribution in [3.05, 3.63) is 21.9 Å². The molecule has 5 nitrogen and oxygen atoms in total. The smallest absolute Gasteiger partial charge is 0.221 e. The monoisotopic (exact) mass is 324 g/mol. The highest BCUT2D eigenvalue weighted by Crippen LogP contribution is 2.17. The molecule has 1 rings (SSSR count). The minimum Gasteiger partial charge on any atom is -0.357 e. The molecule has 0 atom stereocenters. The van der Waals surface area contributed by atoms with Crippen molar-refractivity contribution in [2.75, 3.05) is 19.6 Å². The Morgan fingerprint density at radius 3 is 2.50 bits per heavy atom. The number of amides is 1. The van der Waals surface area contributed by atoms with E-state index in [4.69, 9.17) is 0 Å². The van der Waals surface area contributed by atoms with Crippen LogP contribution in [0.25, 0.3) is 0 Å². The highest BCUT2D eigenvalue weighted by molar-refractivity contribution is 7.11. The van der Waals surface area contributed by atoms with Crippen molar-refractivity contribution in [2.24, 2.45) is 4.99 Å². The van der Waals surface area contributed by atoms with E-state index in [2.05, 4.69) is 40.0 Å². The van der Waals surface area contributed by atoms with Crippen molar-refractivity contribution in [1.82, 2.24) is 16.0 Å².